The molecule has 0 aromatic heterocycles. The Morgan fingerprint density at radius 3 is 2.42 bits per heavy atom. The standard InChI is InChI=1S/C16H25N3/c1-7-9-15(10-8-2)16(11-13(5)17)19-14(6)18-12(3)4/h7-12,18H,1,6,17H2,2-5H3/b10-8-,13-11-,15-9+,19-16?. The maximum atomic E-state index is 5.75. The number of hydrogen-bond donors (Lipinski definition) is 2. The Morgan fingerprint density at radius 1 is 1.37 bits per heavy atom. The van der Waals surface area contributed by atoms with E-state index in [0.717, 1.165) is 11.3 Å². The molecular formula is C16H25N3. The third-order valence-electron chi connectivity index (χ3n) is 2.01. The molecule has 3 N–H and O–H groups in total. The molecule has 0 aromatic carbocycles. The number of rotatable bonds is 7. The van der Waals surface area contributed by atoms with E-state index in [0.29, 0.717) is 11.5 Å². The molecule has 104 valence electrons. The Bertz CT molecular complexity index is 431. The number of nitrogens with one attached hydrogen (secondary N) is 1. The van der Waals surface area contributed by atoms with Crippen molar-refractivity contribution in [3.8, 4) is 0 Å². The first-order chi connectivity index (χ1) is 8.90. The SMILES string of the molecule is C=C/C=C(\C=C/C)C(/C=C(/C)N)=NC(=C)NC(C)C. The highest BCUT2D eigenvalue weighted by Crippen LogP contribution is 2.07. The van der Waals surface area contributed by atoms with Crippen molar-refractivity contribution in [3.05, 3.63) is 60.6 Å². The Balaban J connectivity index is 5.48. The summed E-state index contributed by atoms with van der Waals surface area (Å²) in [6.45, 7) is 15.5. The molecule has 0 spiro atoms. The molecule has 0 bridgehead atoms. The van der Waals surface area contributed by atoms with E-state index in [9.17, 15) is 0 Å². The summed E-state index contributed by atoms with van der Waals surface area (Å²) in [6.07, 6.45) is 9.35. The summed E-state index contributed by atoms with van der Waals surface area (Å²) in [4.78, 5) is 4.48. The highest BCUT2D eigenvalue weighted by molar-refractivity contribution is 6.11. The highest BCUT2D eigenvalue weighted by Gasteiger charge is 2.03. The van der Waals surface area contributed by atoms with E-state index in [2.05, 4.69) is 23.5 Å². The van der Waals surface area contributed by atoms with Gasteiger partial charge in [-0.2, -0.15) is 0 Å². The number of nitrogens with zero attached hydrogens (tertiary/aromatic N) is 1. The first kappa shape index (κ1) is 17.0. The fraction of sp³-hybridized carbons (Fsp3) is 0.312. The minimum Gasteiger partial charge on any atom is -0.402 e. The van der Waals surface area contributed by atoms with Gasteiger partial charge in [0.2, 0.25) is 0 Å². The van der Waals surface area contributed by atoms with Crippen LogP contribution in [0.15, 0.2) is 65.6 Å². The van der Waals surface area contributed by atoms with E-state index in [1.54, 1.807) is 6.08 Å². The number of hydrogen-bond acceptors (Lipinski definition) is 3. The lowest BCUT2D eigenvalue weighted by atomic mass is 10.1. The zero-order valence-electron chi connectivity index (χ0n) is 12.4. The number of allylic oxidation sites excluding steroid dienone is 7. The second-order valence-electron chi connectivity index (χ2n) is 4.49. The topological polar surface area (TPSA) is 50.4 Å². The number of aliphatic imine (C=N–C) groups is 1. The molecule has 0 fully saturated rings. The summed E-state index contributed by atoms with van der Waals surface area (Å²) in [5.41, 5.74) is 8.14. The quantitative estimate of drug-likeness (QED) is 0.543. The van der Waals surface area contributed by atoms with Gasteiger partial charge in [-0.3, -0.25) is 0 Å². The van der Waals surface area contributed by atoms with Crippen LogP contribution in [0.4, 0.5) is 0 Å². The van der Waals surface area contributed by atoms with Crippen LogP contribution in [-0.4, -0.2) is 11.8 Å². The van der Waals surface area contributed by atoms with Gasteiger partial charge < -0.3 is 11.1 Å². The molecule has 0 aliphatic heterocycles. The molecule has 0 rings (SSSR count). The minimum absolute atomic E-state index is 0.286. The fourth-order valence-corrected chi connectivity index (χ4v) is 1.44. The van der Waals surface area contributed by atoms with Crippen LogP contribution in [0.3, 0.4) is 0 Å². The van der Waals surface area contributed by atoms with Gasteiger partial charge in [-0.15, -0.1) is 0 Å². The first-order valence-electron chi connectivity index (χ1n) is 6.34. The lowest BCUT2D eigenvalue weighted by Gasteiger charge is -2.11. The van der Waals surface area contributed by atoms with Crippen LogP contribution in [0.1, 0.15) is 27.7 Å². The van der Waals surface area contributed by atoms with Gasteiger partial charge >= 0.3 is 0 Å². The molecule has 0 unspecified atom stereocenters. The molecule has 0 saturated heterocycles. The van der Waals surface area contributed by atoms with Crippen molar-refractivity contribution in [3.63, 3.8) is 0 Å². The van der Waals surface area contributed by atoms with Crippen molar-refractivity contribution >= 4 is 5.71 Å². The Labute approximate surface area is 117 Å². The number of nitrogens with two attached hydrogens (primary N) is 1. The van der Waals surface area contributed by atoms with Crippen LogP contribution in [0.2, 0.25) is 0 Å². The van der Waals surface area contributed by atoms with E-state index in [1.165, 1.54) is 0 Å². The largest absolute Gasteiger partial charge is 0.402 e. The van der Waals surface area contributed by atoms with Gasteiger partial charge in [0.15, 0.2) is 0 Å². The predicted octanol–water partition coefficient (Wildman–Crippen LogP) is 3.45. The third kappa shape index (κ3) is 7.82. The molecule has 0 aromatic rings. The summed E-state index contributed by atoms with van der Waals surface area (Å²) in [6, 6.07) is 0.286. The van der Waals surface area contributed by atoms with Crippen LogP contribution in [0, 0.1) is 0 Å². The van der Waals surface area contributed by atoms with Crippen molar-refractivity contribution in [2.24, 2.45) is 10.7 Å². The van der Waals surface area contributed by atoms with Gasteiger partial charge in [0, 0.05) is 11.7 Å². The Morgan fingerprint density at radius 2 is 2.00 bits per heavy atom. The molecule has 3 heteroatoms. The van der Waals surface area contributed by atoms with E-state index in [1.807, 2.05) is 52.0 Å². The van der Waals surface area contributed by atoms with E-state index < -0.39 is 0 Å². The van der Waals surface area contributed by atoms with Crippen LogP contribution < -0.4 is 11.1 Å². The third-order valence-corrected chi connectivity index (χ3v) is 2.01. The summed E-state index contributed by atoms with van der Waals surface area (Å²) in [5.74, 6) is 0.613. The molecular weight excluding hydrogens is 234 g/mol. The minimum atomic E-state index is 0.286. The first-order valence-corrected chi connectivity index (χ1v) is 6.34. The van der Waals surface area contributed by atoms with Gasteiger partial charge in [0.25, 0.3) is 0 Å². The van der Waals surface area contributed by atoms with Gasteiger partial charge in [0.1, 0.15) is 5.82 Å². The maximum Gasteiger partial charge on any atom is 0.119 e. The Hall–Kier alpha value is -2.03. The highest BCUT2D eigenvalue weighted by atomic mass is 15.0. The van der Waals surface area contributed by atoms with Crippen molar-refractivity contribution in [1.82, 2.24) is 5.32 Å². The van der Waals surface area contributed by atoms with E-state index in [4.69, 9.17) is 5.73 Å². The molecule has 0 radical (unpaired) electrons. The predicted molar refractivity (Wildman–Crippen MR) is 85.9 cm³/mol. The monoisotopic (exact) mass is 259 g/mol. The van der Waals surface area contributed by atoms with Gasteiger partial charge in [-0.25, -0.2) is 4.99 Å². The average Bonchev–Trinajstić information content (AvgIpc) is 2.26. The van der Waals surface area contributed by atoms with E-state index >= 15 is 0 Å². The van der Waals surface area contributed by atoms with Crippen LogP contribution in [0.25, 0.3) is 0 Å². The van der Waals surface area contributed by atoms with Gasteiger partial charge in [0.05, 0.1) is 5.71 Å². The zero-order chi connectivity index (χ0) is 14.8. The molecule has 0 aliphatic rings. The molecule has 0 atom stereocenters. The van der Waals surface area contributed by atoms with Crippen molar-refractivity contribution in [2.75, 3.05) is 0 Å². The second-order valence-corrected chi connectivity index (χ2v) is 4.49. The molecule has 0 amide bonds. The maximum absolute atomic E-state index is 5.75. The summed E-state index contributed by atoms with van der Waals surface area (Å²) >= 11 is 0. The average molecular weight is 259 g/mol. The summed E-state index contributed by atoms with van der Waals surface area (Å²) in [7, 11) is 0. The molecule has 0 aliphatic carbocycles. The van der Waals surface area contributed by atoms with Gasteiger partial charge in [-0.1, -0.05) is 37.5 Å². The second kappa shape index (κ2) is 8.97. The summed E-state index contributed by atoms with van der Waals surface area (Å²) in [5, 5.41) is 3.16. The van der Waals surface area contributed by atoms with Gasteiger partial charge in [-0.05, 0) is 39.3 Å². The summed E-state index contributed by atoms with van der Waals surface area (Å²) < 4.78 is 0. The van der Waals surface area contributed by atoms with E-state index in [-0.39, 0.29) is 6.04 Å². The van der Waals surface area contributed by atoms with Crippen LogP contribution >= 0.6 is 0 Å². The lowest BCUT2D eigenvalue weighted by molar-refractivity contribution is 0.666. The molecule has 3 nitrogen and oxygen atoms in total. The van der Waals surface area contributed by atoms with Crippen LogP contribution in [-0.2, 0) is 0 Å². The van der Waals surface area contributed by atoms with Crippen LogP contribution in [0.5, 0.6) is 0 Å². The van der Waals surface area contributed by atoms with Crippen molar-refractivity contribution < 1.29 is 0 Å². The van der Waals surface area contributed by atoms with Crippen molar-refractivity contribution in [2.45, 2.75) is 33.7 Å². The normalized spacial score (nSPS) is 14.1. The smallest absolute Gasteiger partial charge is 0.119 e. The Kier molecular flexibility index (Phi) is 8.02. The molecule has 19 heavy (non-hydrogen) atoms. The lowest BCUT2D eigenvalue weighted by Crippen LogP contribution is -2.21. The zero-order valence-corrected chi connectivity index (χ0v) is 12.4. The molecule has 0 saturated carbocycles. The molecule has 0 heterocycles. The fourth-order valence-electron chi connectivity index (χ4n) is 1.44. The van der Waals surface area contributed by atoms with Crippen molar-refractivity contribution in [1.29, 1.82) is 0 Å².